The van der Waals surface area contributed by atoms with Crippen LogP contribution in [0.4, 0.5) is 0 Å². The molecule has 5 nitrogen and oxygen atoms in total. The van der Waals surface area contributed by atoms with Gasteiger partial charge in [-0.05, 0) is 49.1 Å². The number of rotatable bonds is 9. The molecule has 2 aromatic carbocycles. The van der Waals surface area contributed by atoms with Gasteiger partial charge in [0.1, 0.15) is 12.4 Å². The van der Waals surface area contributed by atoms with Crippen LogP contribution in [-0.4, -0.2) is 49.8 Å². The van der Waals surface area contributed by atoms with E-state index >= 15 is 0 Å². The third kappa shape index (κ3) is 6.51. The number of ether oxygens (including phenoxy) is 2. The molecule has 1 fully saturated rings. The van der Waals surface area contributed by atoms with Crippen molar-refractivity contribution >= 4 is 18.3 Å². The highest BCUT2D eigenvalue weighted by molar-refractivity contribution is 5.94. The topological polar surface area (TPSA) is 64.8 Å². The van der Waals surface area contributed by atoms with Crippen LogP contribution in [0.15, 0.2) is 54.6 Å². The lowest BCUT2D eigenvalue weighted by atomic mass is 10.1. The van der Waals surface area contributed by atoms with Crippen molar-refractivity contribution in [1.29, 1.82) is 0 Å². The zero-order valence-electron chi connectivity index (χ0n) is 16.1. The summed E-state index contributed by atoms with van der Waals surface area (Å²) in [6, 6.07) is 17.5. The standard InChI is InChI=1S/C22H28N2O3.ClH/c23-13-15-24(14-12-18-5-2-1-3-6-18)22(25)19-8-10-20(11-9-19)27-17-21-7-4-16-26-21;/h1-3,5-6,8-11,21H,4,7,12-17,23H2;1H. The highest BCUT2D eigenvalue weighted by Crippen LogP contribution is 2.17. The zero-order valence-corrected chi connectivity index (χ0v) is 16.9. The van der Waals surface area contributed by atoms with E-state index in [1.807, 2.05) is 47.4 Å². The van der Waals surface area contributed by atoms with Crippen molar-refractivity contribution in [3.05, 3.63) is 65.7 Å². The molecule has 0 spiro atoms. The molecule has 1 aliphatic heterocycles. The van der Waals surface area contributed by atoms with Gasteiger partial charge in [0.15, 0.2) is 0 Å². The van der Waals surface area contributed by atoms with Gasteiger partial charge in [-0.15, -0.1) is 12.4 Å². The van der Waals surface area contributed by atoms with Crippen molar-refractivity contribution < 1.29 is 14.3 Å². The Bertz CT molecular complexity index is 703. The molecule has 1 amide bonds. The molecule has 0 bridgehead atoms. The van der Waals surface area contributed by atoms with Crippen LogP contribution >= 0.6 is 12.4 Å². The highest BCUT2D eigenvalue weighted by atomic mass is 35.5. The van der Waals surface area contributed by atoms with Gasteiger partial charge in [0.05, 0.1) is 6.10 Å². The molecule has 6 heteroatoms. The molecular weight excluding hydrogens is 376 g/mol. The third-order valence-corrected chi connectivity index (χ3v) is 4.76. The van der Waals surface area contributed by atoms with Crippen molar-refractivity contribution in [3.8, 4) is 5.75 Å². The van der Waals surface area contributed by atoms with E-state index in [0.29, 0.717) is 31.8 Å². The molecule has 152 valence electrons. The Balaban J connectivity index is 0.00000280. The van der Waals surface area contributed by atoms with Crippen molar-refractivity contribution in [1.82, 2.24) is 4.90 Å². The van der Waals surface area contributed by atoms with Gasteiger partial charge in [0.25, 0.3) is 5.91 Å². The predicted octanol–water partition coefficient (Wildman–Crippen LogP) is 3.31. The molecule has 0 aromatic heterocycles. The number of carbonyl (C=O) groups excluding carboxylic acids is 1. The number of benzene rings is 2. The minimum atomic E-state index is 0. The lowest BCUT2D eigenvalue weighted by Gasteiger charge is -2.22. The summed E-state index contributed by atoms with van der Waals surface area (Å²) in [6.07, 6.45) is 3.15. The number of halogens is 1. The second kappa shape index (κ2) is 11.7. The van der Waals surface area contributed by atoms with Crippen molar-refractivity contribution in [2.75, 3.05) is 32.8 Å². The fraction of sp³-hybridized carbons (Fsp3) is 0.409. The van der Waals surface area contributed by atoms with Gasteiger partial charge < -0.3 is 20.1 Å². The van der Waals surface area contributed by atoms with Crippen LogP contribution in [0.2, 0.25) is 0 Å². The van der Waals surface area contributed by atoms with E-state index in [0.717, 1.165) is 31.6 Å². The lowest BCUT2D eigenvalue weighted by molar-refractivity contribution is 0.0678. The van der Waals surface area contributed by atoms with Crippen LogP contribution in [0.25, 0.3) is 0 Å². The lowest BCUT2D eigenvalue weighted by Crippen LogP contribution is -2.36. The summed E-state index contributed by atoms with van der Waals surface area (Å²) in [5.41, 5.74) is 7.58. The first-order chi connectivity index (χ1) is 13.3. The Kier molecular flexibility index (Phi) is 9.28. The zero-order chi connectivity index (χ0) is 18.9. The fourth-order valence-corrected chi connectivity index (χ4v) is 3.22. The van der Waals surface area contributed by atoms with Gasteiger partial charge >= 0.3 is 0 Å². The van der Waals surface area contributed by atoms with Gasteiger partial charge in [-0.25, -0.2) is 0 Å². The monoisotopic (exact) mass is 404 g/mol. The van der Waals surface area contributed by atoms with E-state index in [1.54, 1.807) is 0 Å². The summed E-state index contributed by atoms with van der Waals surface area (Å²) in [4.78, 5) is 14.7. The number of nitrogens with zero attached hydrogens (tertiary/aromatic N) is 1. The van der Waals surface area contributed by atoms with E-state index < -0.39 is 0 Å². The normalized spacial score (nSPS) is 15.7. The van der Waals surface area contributed by atoms with Crippen LogP contribution in [-0.2, 0) is 11.2 Å². The molecule has 1 saturated heterocycles. The number of hydrogen-bond acceptors (Lipinski definition) is 4. The Labute approximate surface area is 173 Å². The number of nitrogens with two attached hydrogens (primary N) is 1. The maximum atomic E-state index is 12.8. The van der Waals surface area contributed by atoms with E-state index in [2.05, 4.69) is 12.1 Å². The van der Waals surface area contributed by atoms with Gasteiger partial charge in [0.2, 0.25) is 0 Å². The molecular formula is C22H29ClN2O3. The quantitative estimate of drug-likeness (QED) is 0.696. The maximum absolute atomic E-state index is 12.8. The molecule has 0 radical (unpaired) electrons. The number of hydrogen-bond donors (Lipinski definition) is 1. The molecule has 0 saturated carbocycles. The molecule has 1 heterocycles. The summed E-state index contributed by atoms with van der Waals surface area (Å²) in [6.45, 7) is 3.02. The molecule has 2 aromatic rings. The summed E-state index contributed by atoms with van der Waals surface area (Å²) in [5.74, 6) is 0.763. The van der Waals surface area contributed by atoms with E-state index in [-0.39, 0.29) is 24.4 Å². The van der Waals surface area contributed by atoms with E-state index in [4.69, 9.17) is 15.2 Å². The summed E-state index contributed by atoms with van der Waals surface area (Å²) in [5, 5.41) is 0. The van der Waals surface area contributed by atoms with E-state index in [1.165, 1.54) is 5.56 Å². The summed E-state index contributed by atoms with van der Waals surface area (Å²) < 4.78 is 11.3. The summed E-state index contributed by atoms with van der Waals surface area (Å²) in [7, 11) is 0. The second-order valence-corrected chi connectivity index (χ2v) is 6.79. The third-order valence-electron chi connectivity index (χ3n) is 4.76. The highest BCUT2D eigenvalue weighted by Gasteiger charge is 2.17. The number of carbonyl (C=O) groups is 1. The van der Waals surface area contributed by atoms with Crippen LogP contribution in [0, 0.1) is 0 Å². The molecule has 1 unspecified atom stereocenters. The minimum absolute atomic E-state index is 0. The Morgan fingerprint density at radius 3 is 2.50 bits per heavy atom. The molecule has 2 N–H and O–H groups in total. The Hall–Kier alpha value is -2.08. The molecule has 3 rings (SSSR count). The first-order valence-corrected chi connectivity index (χ1v) is 9.64. The van der Waals surface area contributed by atoms with Crippen LogP contribution < -0.4 is 10.5 Å². The van der Waals surface area contributed by atoms with Crippen molar-refractivity contribution in [2.24, 2.45) is 5.73 Å². The van der Waals surface area contributed by atoms with Gasteiger partial charge in [-0.2, -0.15) is 0 Å². The Morgan fingerprint density at radius 2 is 1.86 bits per heavy atom. The first kappa shape index (κ1) is 22.2. The van der Waals surface area contributed by atoms with E-state index in [9.17, 15) is 4.79 Å². The first-order valence-electron chi connectivity index (χ1n) is 9.64. The average Bonchev–Trinajstić information content (AvgIpc) is 3.24. The smallest absolute Gasteiger partial charge is 0.253 e. The molecule has 28 heavy (non-hydrogen) atoms. The molecule has 1 atom stereocenters. The summed E-state index contributed by atoms with van der Waals surface area (Å²) >= 11 is 0. The average molecular weight is 405 g/mol. The van der Waals surface area contributed by atoms with Gasteiger partial charge in [-0.3, -0.25) is 4.79 Å². The van der Waals surface area contributed by atoms with Crippen molar-refractivity contribution in [3.63, 3.8) is 0 Å². The van der Waals surface area contributed by atoms with Gasteiger partial charge in [0, 0.05) is 31.8 Å². The number of amides is 1. The Morgan fingerprint density at radius 1 is 1.11 bits per heavy atom. The minimum Gasteiger partial charge on any atom is -0.491 e. The SMILES string of the molecule is Cl.NCCN(CCc1ccccc1)C(=O)c1ccc(OCC2CCCO2)cc1. The largest absolute Gasteiger partial charge is 0.491 e. The maximum Gasteiger partial charge on any atom is 0.253 e. The van der Waals surface area contributed by atoms with Crippen LogP contribution in [0.3, 0.4) is 0 Å². The second-order valence-electron chi connectivity index (χ2n) is 6.79. The fourth-order valence-electron chi connectivity index (χ4n) is 3.22. The van der Waals surface area contributed by atoms with Crippen LogP contribution in [0.1, 0.15) is 28.8 Å². The van der Waals surface area contributed by atoms with Crippen LogP contribution in [0.5, 0.6) is 5.75 Å². The van der Waals surface area contributed by atoms with Gasteiger partial charge in [-0.1, -0.05) is 30.3 Å². The predicted molar refractivity (Wildman–Crippen MR) is 113 cm³/mol. The molecule has 0 aliphatic carbocycles. The van der Waals surface area contributed by atoms with Crippen molar-refractivity contribution in [2.45, 2.75) is 25.4 Å². The molecule has 1 aliphatic rings.